The summed E-state index contributed by atoms with van der Waals surface area (Å²) in [6.07, 6.45) is 7.25. The van der Waals surface area contributed by atoms with Gasteiger partial charge < -0.3 is 0 Å². The summed E-state index contributed by atoms with van der Waals surface area (Å²) in [6.45, 7) is 3.53. The lowest BCUT2D eigenvalue weighted by Crippen LogP contribution is -2.50. The first kappa shape index (κ1) is 13.5. The molecule has 1 aromatic rings. The molecule has 2 heteroatoms. The Kier molecular flexibility index (Phi) is 2.83. The summed E-state index contributed by atoms with van der Waals surface area (Å²) in [5.41, 5.74) is 1.82. The van der Waals surface area contributed by atoms with Crippen molar-refractivity contribution in [1.82, 2.24) is 0 Å². The van der Waals surface area contributed by atoms with Crippen LogP contribution in [0, 0.1) is 42.8 Å². The maximum atomic E-state index is 13.8. The van der Waals surface area contributed by atoms with Crippen molar-refractivity contribution in [2.45, 2.75) is 52.4 Å². The molecule has 0 atom stereocenters. The highest BCUT2D eigenvalue weighted by molar-refractivity contribution is 6.01. The third kappa shape index (κ3) is 1.98. The summed E-state index contributed by atoms with van der Waals surface area (Å²) in [6, 6.07) is 3.53. The molecule has 4 aliphatic carbocycles. The third-order valence-corrected chi connectivity index (χ3v) is 6.22. The number of hydrogen-bond donors (Lipinski definition) is 0. The largest absolute Gasteiger partial charge is 0.294 e. The maximum absolute atomic E-state index is 13.8. The molecular formula is C19H23FO. The fraction of sp³-hybridized carbons (Fsp3) is 0.632. The van der Waals surface area contributed by atoms with Gasteiger partial charge in [0.15, 0.2) is 5.78 Å². The molecule has 5 rings (SSSR count). The highest BCUT2D eigenvalue weighted by Gasteiger charge is 2.54. The van der Waals surface area contributed by atoms with Crippen molar-refractivity contribution >= 4 is 5.78 Å². The predicted molar refractivity (Wildman–Crippen MR) is 80.8 cm³/mol. The second-order valence-electron chi connectivity index (χ2n) is 7.95. The third-order valence-electron chi connectivity index (χ3n) is 6.22. The van der Waals surface area contributed by atoms with E-state index in [2.05, 4.69) is 0 Å². The number of hydrogen-bond acceptors (Lipinski definition) is 1. The maximum Gasteiger partial charge on any atom is 0.169 e. The van der Waals surface area contributed by atoms with E-state index in [1.807, 2.05) is 0 Å². The fourth-order valence-electron chi connectivity index (χ4n) is 5.77. The molecule has 4 bridgehead atoms. The Bertz CT molecular complexity index is 558. The molecule has 0 unspecified atom stereocenters. The van der Waals surface area contributed by atoms with Crippen LogP contribution in [0.1, 0.15) is 60.0 Å². The first-order valence-corrected chi connectivity index (χ1v) is 8.28. The smallest absolute Gasteiger partial charge is 0.169 e. The molecule has 0 N–H and O–H groups in total. The van der Waals surface area contributed by atoms with Gasteiger partial charge in [0.25, 0.3) is 0 Å². The van der Waals surface area contributed by atoms with E-state index in [1.165, 1.54) is 19.3 Å². The van der Waals surface area contributed by atoms with Crippen LogP contribution >= 0.6 is 0 Å². The van der Waals surface area contributed by atoms with Gasteiger partial charge in [0.05, 0.1) is 0 Å². The van der Waals surface area contributed by atoms with Crippen molar-refractivity contribution in [3.8, 4) is 0 Å². The first-order valence-electron chi connectivity index (χ1n) is 8.28. The Morgan fingerprint density at radius 2 is 1.43 bits per heavy atom. The molecule has 0 aromatic heterocycles. The van der Waals surface area contributed by atoms with Gasteiger partial charge in [-0.25, -0.2) is 4.39 Å². The van der Waals surface area contributed by atoms with Gasteiger partial charge in [-0.05, 0) is 93.4 Å². The molecule has 0 heterocycles. The standard InChI is InChI=1S/C19H23FO/c1-11-3-16(4-12(2)17(11)20)18(21)19-8-13-5-14(9-19)7-15(6-13)10-19/h3-4,13-15H,5-10H2,1-2H3. The summed E-state index contributed by atoms with van der Waals surface area (Å²) in [5.74, 6) is 2.43. The van der Waals surface area contributed by atoms with Crippen LogP contribution in [-0.4, -0.2) is 5.78 Å². The van der Waals surface area contributed by atoms with Gasteiger partial charge in [0, 0.05) is 11.0 Å². The van der Waals surface area contributed by atoms with Crippen LogP contribution in [0.3, 0.4) is 0 Å². The average Bonchev–Trinajstić information content (AvgIpc) is 2.42. The number of halogens is 1. The minimum Gasteiger partial charge on any atom is -0.294 e. The fourth-order valence-corrected chi connectivity index (χ4v) is 5.77. The van der Waals surface area contributed by atoms with Gasteiger partial charge in [-0.15, -0.1) is 0 Å². The van der Waals surface area contributed by atoms with E-state index < -0.39 is 0 Å². The second kappa shape index (κ2) is 4.41. The molecule has 0 aliphatic heterocycles. The lowest BCUT2D eigenvalue weighted by molar-refractivity contribution is -0.0353. The highest BCUT2D eigenvalue weighted by Crippen LogP contribution is 2.61. The molecule has 112 valence electrons. The summed E-state index contributed by atoms with van der Waals surface area (Å²) in [7, 11) is 0. The summed E-state index contributed by atoms with van der Waals surface area (Å²) >= 11 is 0. The zero-order valence-corrected chi connectivity index (χ0v) is 12.9. The Morgan fingerprint density at radius 1 is 1.00 bits per heavy atom. The molecular weight excluding hydrogens is 263 g/mol. The minimum absolute atomic E-state index is 0.120. The van der Waals surface area contributed by atoms with Crippen LogP contribution in [0.25, 0.3) is 0 Å². The van der Waals surface area contributed by atoms with Gasteiger partial charge in [-0.3, -0.25) is 4.79 Å². The second-order valence-corrected chi connectivity index (χ2v) is 7.95. The topological polar surface area (TPSA) is 17.1 Å². The number of Topliss-reactive ketones (excluding diaryl/α,β-unsaturated/α-hetero) is 1. The van der Waals surface area contributed by atoms with Gasteiger partial charge in [-0.1, -0.05) is 0 Å². The number of rotatable bonds is 2. The molecule has 1 nitrogen and oxygen atoms in total. The predicted octanol–water partition coefficient (Wildman–Crippen LogP) is 4.84. The zero-order chi connectivity index (χ0) is 14.8. The number of carbonyl (C=O) groups excluding carboxylic acids is 1. The Morgan fingerprint density at radius 3 is 1.86 bits per heavy atom. The molecule has 0 spiro atoms. The van der Waals surface area contributed by atoms with E-state index in [9.17, 15) is 9.18 Å². The number of benzene rings is 1. The molecule has 0 amide bonds. The van der Waals surface area contributed by atoms with Crippen molar-refractivity contribution < 1.29 is 9.18 Å². The summed E-state index contributed by atoms with van der Waals surface area (Å²) in [5, 5.41) is 0. The lowest BCUT2D eigenvalue weighted by atomic mass is 9.48. The van der Waals surface area contributed by atoms with Crippen LogP contribution in [0.5, 0.6) is 0 Å². The molecule has 21 heavy (non-hydrogen) atoms. The van der Waals surface area contributed by atoms with E-state index in [0.717, 1.165) is 42.6 Å². The quantitative estimate of drug-likeness (QED) is 0.711. The van der Waals surface area contributed by atoms with Gasteiger partial charge in [0.2, 0.25) is 0 Å². The van der Waals surface area contributed by atoms with Gasteiger partial charge in [-0.2, -0.15) is 0 Å². The van der Waals surface area contributed by atoms with Crippen molar-refractivity contribution in [1.29, 1.82) is 0 Å². The number of carbonyl (C=O) groups is 1. The zero-order valence-electron chi connectivity index (χ0n) is 12.9. The van der Waals surface area contributed by atoms with Crippen molar-refractivity contribution in [3.63, 3.8) is 0 Å². The Labute approximate surface area is 125 Å². The monoisotopic (exact) mass is 286 g/mol. The van der Waals surface area contributed by atoms with E-state index in [1.54, 1.807) is 26.0 Å². The van der Waals surface area contributed by atoms with Crippen molar-refractivity contribution in [2.24, 2.45) is 23.2 Å². The molecule has 4 saturated carbocycles. The summed E-state index contributed by atoms with van der Waals surface area (Å²) < 4.78 is 13.8. The van der Waals surface area contributed by atoms with E-state index in [0.29, 0.717) is 16.9 Å². The molecule has 4 fully saturated rings. The number of aryl methyl sites for hydroxylation is 2. The van der Waals surface area contributed by atoms with Gasteiger partial charge >= 0.3 is 0 Å². The van der Waals surface area contributed by atoms with E-state index in [-0.39, 0.29) is 11.2 Å². The highest BCUT2D eigenvalue weighted by atomic mass is 19.1. The van der Waals surface area contributed by atoms with Crippen molar-refractivity contribution in [3.05, 3.63) is 34.6 Å². The van der Waals surface area contributed by atoms with Crippen LogP contribution < -0.4 is 0 Å². The molecule has 4 aliphatic rings. The van der Waals surface area contributed by atoms with Crippen LogP contribution in [0.4, 0.5) is 4.39 Å². The molecule has 0 radical (unpaired) electrons. The Hall–Kier alpha value is -1.18. The van der Waals surface area contributed by atoms with Crippen molar-refractivity contribution in [2.75, 3.05) is 0 Å². The molecule has 1 aromatic carbocycles. The van der Waals surface area contributed by atoms with E-state index >= 15 is 0 Å². The summed E-state index contributed by atoms with van der Waals surface area (Å²) in [4.78, 5) is 13.2. The van der Waals surface area contributed by atoms with Crippen LogP contribution in [0.2, 0.25) is 0 Å². The van der Waals surface area contributed by atoms with Crippen LogP contribution in [-0.2, 0) is 0 Å². The normalized spacial score (nSPS) is 37.0. The van der Waals surface area contributed by atoms with Crippen LogP contribution in [0.15, 0.2) is 12.1 Å². The SMILES string of the molecule is Cc1cc(C(=O)C23CC4CC(CC(C4)C2)C3)cc(C)c1F. The molecule has 0 saturated heterocycles. The average molecular weight is 286 g/mol. The van der Waals surface area contributed by atoms with E-state index in [4.69, 9.17) is 0 Å². The lowest BCUT2D eigenvalue weighted by Gasteiger charge is -2.56. The first-order chi connectivity index (χ1) is 9.97. The minimum atomic E-state index is -0.169. The number of ketones is 1. The Balaban J connectivity index is 1.72. The van der Waals surface area contributed by atoms with Gasteiger partial charge in [0.1, 0.15) is 5.82 Å².